The van der Waals surface area contributed by atoms with Crippen LogP contribution in [-0.4, -0.2) is 49.0 Å². The van der Waals surface area contributed by atoms with E-state index in [-0.39, 0.29) is 11.3 Å². The van der Waals surface area contributed by atoms with E-state index in [1.807, 2.05) is 16.9 Å². The van der Waals surface area contributed by atoms with Crippen molar-refractivity contribution in [3.05, 3.63) is 18.5 Å². The van der Waals surface area contributed by atoms with E-state index in [1.165, 1.54) is 0 Å². The average molecular weight is 294 g/mol. The zero-order valence-electron chi connectivity index (χ0n) is 13.0. The van der Waals surface area contributed by atoms with Crippen molar-refractivity contribution >= 4 is 5.91 Å². The largest absolute Gasteiger partial charge is 0.384 e. The third kappa shape index (κ3) is 4.28. The summed E-state index contributed by atoms with van der Waals surface area (Å²) in [4.78, 5) is 12.6. The van der Waals surface area contributed by atoms with Crippen LogP contribution in [0.15, 0.2) is 18.5 Å². The van der Waals surface area contributed by atoms with Crippen LogP contribution in [0.5, 0.6) is 0 Å². The number of hydrogen-bond acceptors (Lipinski definition) is 4. The van der Waals surface area contributed by atoms with Crippen molar-refractivity contribution in [3.63, 3.8) is 0 Å². The van der Waals surface area contributed by atoms with Gasteiger partial charge >= 0.3 is 0 Å². The molecular weight excluding hydrogens is 268 g/mol. The van der Waals surface area contributed by atoms with Crippen LogP contribution >= 0.6 is 0 Å². The summed E-state index contributed by atoms with van der Waals surface area (Å²) in [6.07, 6.45) is 5.38. The number of methoxy groups -OCH3 is 1. The highest BCUT2D eigenvalue weighted by Gasteiger charge is 2.39. The van der Waals surface area contributed by atoms with Crippen molar-refractivity contribution in [2.75, 3.05) is 33.4 Å². The topological polar surface area (TPSA) is 68.2 Å². The van der Waals surface area contributed by atoms with Crippen LogP contribution in [0.4, 0.5) is 0 Å². The molecule has 1 amide bonds. The highest BCUT2D eigenvalue weighted by molar-refractivity contribution is 5.83. The maximum atomic E-state index is 12.6. The van der Waals surface area contributed by atoms with Gasteiger partial charge in [0.25, 0.3) is 0 Å². The molecule has 21 heavy (non-hydrogen) atoms. The molecule has 0 spiro atoms. The number of ether oxygens (including phenoxy) is 1. The van der Waals surface area contributed by atoms with Gasteiger partial charge in [0.15, 0.2) is 0 Å². The Hall–Kier alpha value is -1.40. The SMILES string of the molecule is COCC1(C(=O)NCC(C)Cn2cccn2)CCNCC1. The van der Waals surface area contributed by atoms with E-state index in [0.29, 0.717) is 19.1 Å². The third-order valence-corrected chi connectivity index (χ3v) is 4.13. The molecule has 2 rings (SSSR count). The molecule has 1 aromatic rings. The first-order chi connectivity index (χ1) is 10.2. The first-order valence-corrected chi connectivity index (χ1v) is 7.62. The second-order valence-electron chi connectivity index (χ2n) is 6.01. The van der Waals surface area contributed by atoms with Crippen molar-refractivity contribution in [2.45, 2.75) is 26.3 Å². The van der Waals surface area contributed by atoms with Crippen molar-refractivity contribution in [1.29, 1.82) is 0 Å². The van der Waals surface area contributed by atoms with Crippen molar-refractivity contribution in [1.82, 2.24) is 20.4 Å². The fourth-order valence-electron chi connectivity index (χ4n) is 2.87. The quantitative estimate of drug-likeness (QED) is 0.775. The van der Waals surface area contributed by atoms with Crippen LogP contribution in [0.1, 0.15) is 19.8 Å². The molecule has 1 fully saturated rings. The molecule has 1 saturated heterocycles. The molecule has 1 atom stereocenters. The van der Waals surface area contributed by atoms with Crippen molar-refractivity contribution in [2.24, 2.45) is 11.3 Å². The smallest absolute Gasteiger partial charge is 0.228 e. The molecule has 0 aliphatic carbocycles. The summed E-state index contributed by atoms with van der Waals surface area (Å²) in [5, 5.41) is 10.6. The number of nitrogens with zero attached hydrogens (tertiary/aromatic N) is 2. The summed E-state index contributed by atoms with van der Waals surface area (Å²) >= 11 is 0. The monoisotopic (exact) mass is 294 g/mol. The normalized spacial score (nSPS) is 19.1. The van der Waals surface area contributed by atoms with Crippen molar-refractivity contribution in [3.8, 4) is 0 Å². The number of hydrogen-bond donors (Lipinski definition) is 2. The van der Waals surface area contributed by atoms with Crippen LogP contribution in [0.25, 0.3) is 0 Å². The first kappa shape index (κ1) is 16.0. The predicted molar refractivity (Wildman–Crippen MR) is 80.8 cm³/mol. The van der Waals surface area contributed by atoms with Gasteiger partial charge in [-0.1, -0.05) is 6.92 Å². The Bertz CT molecular complexity index is 421. The molecule has 0 aromatic carbocycles. The van der Waals surface area contributed by atoms with Crippen LogP contribution in [0, 0.1) is 11.3 Å². The number of carbonyl (C=O) groups is 1. The minimum absolute atomic E-state index is 0.123. The lowest BCUT2D eigenvalue weighted by atomic mass is 9.78. The van der Waals surface area contributed by atoms with E-state index in [0.717, 1.165) is 32.5 Å². The highest BCUT2D eigenvalue weighted by Crippen LogP contribution is 2.29. The van der Waals surface area contributed by atoms with Gasteiger partial charge < -0.3 is 15.4 Å². The van der Waals surface area contributed by atoms with Crippen LogP contribution < -0.4 is 10.6 Å². The Morgan fingerprint density at radius 2 is 2.29 bits per heavy atom. The Morgan fingerprint density at radius 1 is 1.52 bits per heavy atom. The van der Waals surface area contributed by atoms with Gasteiger partial charge in [0.2, 0.25) is 5.91 Å². The number of carbonyl (C=O) groups excluding carboxylic acids is 1. The second-order valence-corrected chi connectivity index (χ2v) is 6.01. The Kier molecular flexibility index (Phi) is 5.76. The lowest BCUT2D eigenvalue weighted by molar-refractivity contribution is -0.136. The minimum atomic E-state index is -0.370. The van der Waals surface area contributed by atoms with E-state index < -0.39 is 0 Å². The molecule has 0 radical (unpaired) electrons. The standard InChI is InChI=1S/C15H26N4O2/c1-13(11-19-9-3-6-18-19)10-17-14(20)15(12-21-2)4-7-16-8-5-15/h3,6,9,13,16H,4-5,7-8,10-12H2,1-2H3,(H,17,20). The van der Waals surface area contributed by atoms with Gasteiger partial charge in [0.1, 0.15) is 0 Å². The third-order valence-electron chi connectivity index (χ3n) is 4.13. The summed E-state index contributed by atoms with van der Waals surface area (Å²) in [7, 11) is 1.66. The van der Waals surface area contributed by atoms with Gasteiger partial charge in [0, 0.05) is 32.6 Å². The summed E-state index contributed by atoms with van der Waals surface area (Å²) in [5.41, 5.74) is -0.370. The maximum Gasteiger partial charge on any atom is 0.228 e. The fraction of sp³-hybridized carbons (Fsp3) is 0.733. The van der Waals surface area contributed by atoms with E-state index in [4.69, 9.17) is 4.74 Å². The zero-order valence-corrected chi connectivity index (χ0v) is 13.0. The van der Waals surface area contributed by atoms with Gasteiger partial charge in [-0.25, -0.2) is 0 Å². The molecule has 118 valence electrons. The molecular formula is C15H26N4O2. The van der Waals surface area contributed by atoms with Crippen LogP contribution in [0.2, 0.25) is 0 Å². The van der Waals surface area contributed by atoms with Gasteiger partial charge in [-0.2, -0.15) is 5.10 Å². The van der Waals surface area contributed by atoms with Gasteiger partial charge in [-0.05, 0) is 37.9 Å². The lowest BCUT2D eigenvalue weighted by Crippen LogP contribution is -2.50. The van der Waals surface area contributed by atoms with E-state index >= 15 is 0 Å². The fourth-order valence-corrected chi connectivity index (χ4v) is 2.87. The molecule has 2 N–H and O–H groups in total. The van der Waals surface area contributed by atoms with Gasteiger partial charge in [0.05, 0.1) is 12.0 Å². The van der Waals surface area contributed by atoms with E-state index in [9.17, 15) is 4.79 Å². The molecule has 6 heteroatoms. The number of aromatic nitrogens is 2. The summed E-state index contributed by atoms with van der Waals surface area (Å²) in [6.45, 7) is 5.84. The molecule has 6 nitrogen and oxygen atoms in total. The number of amides is 1. The summed E-state index contributed by atoms with van der Waals surface area (Å²) in [6, 6.07) is 1.91. The number of rotatable bonds is 7. The maximum absolute atomic E-state index is 12.6. The molecule has 0 bridgehead atoms. The molecule has 0 saturated carbocycles. The Labute approximate surface area is 126 Å². The van der Waals surface area contributed by atoms with E-state index in [1.54, 1.807) is 13.3 Å². The molecule has 1 aliphatic heterocycles. The molecule has 1 unspecified atom stereocenters. The van der Waals surface area contributed by atoms with E-state index in [2.05, 4.69) is 22.7 Å². The van der Waals surface area contributed by atoms with Gasteiger partial charge in [-0.3, -0.25) is 9.48 Å². The van der Waals surface area contributed by atoms with Crippen LogP contribution in [-0.2, 0) is 16.1 Å². The summed E-state index contributed by atoms with van der Waals surface area (Å²) in [5.74, 6) is 0.466. The Balaban J connectivity index is 1.84. The number of piperidine rings is 1. The molecule has 2 heterocycles. The lowest BCUT2D eigenvalue weighted by Gasteiger charge is -2.35. The zero-order chi connectivity index (χ0) is 15.1. The van der Waals surface area contributed by atoms with Crippen LogP contribution in [0.3, 0.4) is 0 Å². The minimum Gasteiger partial charge on any atom is -0.384 e. The average Bonchev–Trinajstić information content (AvgIpc) is 2.99. The molecule has 1 aromatic heterocycles. The van der Waals surface area contributed by atoms with Crippen molar-refractivity contribution < 1.29 is 9.53 Å². The first-order valence-electron chi connectivity index (χ1n) is 7.62. The summed E-state index contributed by atoms with van der Waals surface area (Å²) < 4.78 is 7.19. The second kappa shape index (κ2) is 7.56. The molecule has 1 aliphatic rings. The van der Waals surface area contributed by atoms with Gasteiger partial charge in [-0.15, -0.1) is 0 Å². The highest BCUT2D eigenvalue weighted by atomic mass is 16.5. The Morgan fingerprint density at radius 3 is 2.90 bits per heavy atom. The number of nitrogens with one attached hydrogen (secondary N) is 2. The predicted octanol–water partition coefficient (Wildman–Crippen LogP) is 0.652.